The quantitative estimate of drug-likeness (QED) is 0.868. The van der Waals surface area contributed by atoms with Crippen LogP contribution in [0.4, 0.5) is 11.4 Å². The van der Waals surface area contributed by atoms with E-state index in [0.29, 0.717) is 0 Å². The van der Waals surface area contributed by atoms with Gasteiger partial charge in [0.2, 0.25) is 5.91 Å². The Kier molecular flexibility index (Phi) is 4.86. The number of carbonyl (C=O) groups is 1. The molecule has 0 aliphatic heterocycles. The largest absolute Gasteiger partial charge is 0.381 e. The van der Waals surface area contributed by atoms with E-state index in [1.165, 1.54) is 18.1 Å². The Morgan fingerprint density at radius 2 is 1.64 bits per heavy atom. The van der Waals surface area contributed by atoms with Crippen LogP contribution >= 0.6 is 0 Å². The number of nitrogens with one attached hydrogen (secondary N) is 2. The molecule has 22 heavy (non-hydrogen) atoms. The molecule has 2 aromatic carbocycles. The highest BCUT2D eigenvalue weighted by Crippen LogP contribution is 2.22. The van der Waals surface area contributed by atoms with Gasteiger partial charge in [-0.25, -0.2) is 0 Å². The van der Waals surface area contributed by atoms with Crippen LogP contribution in [0.5, 0.6) is 0 Å². The SMILES string of the molecule is CC(=O)Nc1cccc(NCc2ccc(C(C)(C)C)cc2)c1. The predicted molar refractivity (Wildman–Crippen MR) is 93.2 cm³/mol. The molecule has 0 atom stereocenters. The number of hydrogen-bond donors (Lipinski definition) is 2. The van der Waals surface area contributed by atoms with E-state index >= 15 is 0 Å². The van der Waals surface area contributed by atoms with Crippen molar-refractivity contribution in [1.82, 2.24) is 0 Å². The third-order valence-electron chi connectivity index (χ3n) is 3.50. The molecule has 1 amide bonds. The standard InChI is InChI=1S/C19H24N2O/c1-14(22)21-18-7-5-6-17(12-18)20-13-15-8-10-16(11-9-15)19(2,3)4/h5-12,20H,13H2,1-4H3,(H,21,22). The van der Waals surface area contributed by atoms with E-state index in [2.05, 4.69) is 55.7 Å². The second-order valence-electron chi connectivity index (χ2n) is 6.56. The average Bonchev–Trinajstić information content (AvgIpc) is 2.44. The first-order chi connectivity index (χ1) is 10.3. The van der Waals surface area contributed by atoms with Crippen LogP contribution in [0.2, 0.25) is 0 Å². The highest BCUT2D eigenvalue weighted by molar-refractivity contribution is 5.89. The molecule has 3 heteroatoms. The predicted octanol–water partition coefficient (Wildman–Crippen LogP) is 4.55. The van der Waals surface area contributed by atoms with E-state index in [0.717, 1.165) is 17.9 Å². The third kappa shape index (κ3) is 4.62. The van der Waals surface area contributed by atoms with Crippen molar-refractivity contribution >= 4 is 17.3 Å². The minimum absolute atomic E-state index is 0.0603. The third-order valence-corrected chi connectivity index (χ3v) is 3.50. The van der Waals surface area contributed by atoms with Gasteiger partial charge < -0.3 is 10.6 Å². The summed E-state index contributed by atoms with van der Waals surface area (Å²) >= 11 is 0. The molecule has 2 aromatic rings. The molecule has 0 fully saturated rings. The summed E-state index contributed by atoms with van der Waals surface area (Å²) in [6, 6.07) is 16.4. The Morgan fingerprint density at radius 1 is 1.00 bits per heavy atom. The Labute approximate surface area is 132 Å². The van der Waals surface area contributed by atoms with Gasteiger partial charge in [0.1, 0.15) is 0 Å². The maximum Gasteiger partial charge on any atom is 0.221 e. The molecule has 0 saturated carbocycles. The maximum atomic E-state index is 11.1. The smallest absolute Gasteiger partial charge is 0.221 e. The lowest BCUT2D eigenvalue weighted by atomic mass is 9.87. The highest BCUT2D eigenvalue weighted by Gasteiger charge is 2.12. The fraction of sp³-hybridized carbons (Fsp3) is 0.316. The summed E-state index contributed by atoms with van der Waals surface area (Å²) in [5, 5.41) is 6.17. The maximum absolute atomic E-state index is 11.1. The van der Waals surface area contributed by atoms with Crippen LogP contribution in [0.1, 0.15) is 38.8 Å². The monoisotopic (exact) mass is 296 g/mol. The number of benzene rings is 2. The summed E-state index contributed by atoms with van der Waals surface area (Å²) in [5.74, 6) is -0.0603. The van der Waals surface area contributed by atoms with Crippen molar-refractivity contribution in [3.63, 3.8) is 0 Å². The molecule has 0 aliphatic carbocycles. The topological polar surface area (TPSA) is 41.1 Å². The van der Waals surface area contributed by atoms with Crippen molar-refractivity contribution in [2.45, 2.75) is 39.7 Å². The molecule has 0 unspecified atom stereocenters. The summed E-state index contributed by atoms with van der Waals surface area (Å²) in [4.78, 5) is 11.1. The zero-order valence-corrected chi connectivity index (χ0v) is 13.7. The number of carbonyl (C=O) groups excluding carboxylic acids is 1. The number of anilines is 2. The van der Waals surface area contributed by atoms with E-state index in [4.69, 9.17) is 0 Å². The second kappa shape index (κ2) is 6.65. The van der Waals surface area contributed by atoms with E-state index in [1.807, 2.05) is 24.3 Å². The van der Waals surface area contributed by atoms with Gasteiger partial charge in [-0.3, -0.25) is 4.79 Å². The second-order valence-corrected chi connectivity index (χ2v) is 6.56. The fourth-order valence-corrected chi connectivity index (χ4v) is 2.24. The fourth-order valence-electron chi connectivity index (χ4n) is 2.24. The van der Waals surface area contributed by atoms with Gasteiger partial charge in [-0.2, -0.15) is 0 Å². The van der Waals surface area contributed by atoms with Crippen LogP contribution < -0.4 is 10.6 Å². The Bertz CT molecular complexity index is 639. The van der Waals surface area contributed by atoms with E-state index < -0.39 is 0 Å². The molecule has 0 bridgehead atoms. The molecule has 0 aliphatic rings. The molecule has 0 spiro atoms. The summed E-state index contributed by atoms with van der Waals surface area (Å²) in [6.45, 7) is 8.92. The van der Waals surface area contributed by atoms with Crippen LogP contribution in [0, 0.1) is 0 Å². The van der Waals surface area contributed by atoms with Crippen LogP contribution in [-0.2, 0) is 16.8 Å². The Balaban J connectivity index is 1.99. The van der Waals surface area contributed by atoms with Gasteiger partial charge >= 0.3 is 0 Å². The van der Waals surface area contributed by atoms with Gasteiger partial charge in [-0.05, 0) is 34.7 Å². The molecule has 0 saturated heterocycles. The summed E-state index contributed by atoms with van der Waals surface area (Å²) < 4.78 is 0. The lowest BCUT2D eigenvalue weighted by Crippen LogP contribution is -2.11. The first kappa shape index (κ1) is 16.1. The van der Waals surface area contributed by atoms with E-state index in [9.17, 15) is 4.79 Å². The molecular weight excluding hydrogens is 272 g/mol. The Hall–Kier alpha value is -2.29. The molecule has 2 N–H and O–H groups in total. The number of amides is 1. The van der Waals surface area contributed by atoms with Crippen molar-refractivity contribution in [1.29, 1.82) is 0 Å². The highest BCUT2D eigenvalue weighted by atomic mass is 16.1. The van der Waals surface area contributed by atoms with Crippen molar-refractivity contribution in [3.8, 4) is 0 Å². The lowest BCUT2D eigenvalue weighted by Gasteiger charge is -2.19. The number of rotatable bonds is 4. The molecule has 2 rings (SSSR count). The average molecular weight is 296 g/mol. The summed E-state index contributed by atoms with van der Waals surface area (Å²) in [5.41, 5.74) is 4.55. The zero-order valence-electron chi connectivity index (χ0n) is 13.7. The van der Waals surface area contributed by atoms with Gasteiger partial charge in [0.25, 0.3) is 0 Å². The minimum Gasteiger partial charge on any atom is -0.381 e. The van der Waals surface area contributed by atoms with Gasteiger partial charge in [0.05, 0.1) is 0 Å². The van der Waals surface area contributed by atoms with Crippen LogP contribution in [0.3, 0.4) is 0 Å². The zero-order chi connectivity index (χ0) is 16.2. The first-order valence-corrected chi connectivity index (χ1v) is 7.55. The molecule has 3 nitrogen and oxygen atoms in total. The van der Waals surface area contributed by atoms with Gasteiger partial charge in [0.15, 0.2) is 0 Å². The summed E-state index contributed by atoms with van der Waals surface area (Å²) in [7, 11) is 0. The van der Waals surface area contributed by atoms with Gasteiger partial charge in [0, 0.05) is 24.8 Å². The van der Waals surface area contributed by atoms with E-state index in [-0.39, 0.29) is 11.3 Å². The molecule has 116 valence electrons. The van der Waals surface area contributed by atoms with Crippen molar-refractivity contribution in [2.75, 3.05) is 10.6 Å². The van der Waals surface area contributed by atoms with Gasteiger partial charge in [-0.1, -0.05) is 51.1 Å². The lowest BCUT2D eigenvalue weighted by molar-refractivity contribution is -0.114. The molecule has 0 heterocycles. The van der Waals surface area contributed by atoms with Crippen molar-refractivity contribution in [2.24, 2.45) is 0 Å². The number of hydrogen-bond acceptors (Lipinski definition) is 2. The van der Waals surface area contributed by atoms with Crippen LogP contribution in [-0.4, -0.2) is 5.91 Å². The molecule has 0 radical (unpaired) electrons. The van der Waals surface area contributed by atoms with Gasteiger partial charge in [-0.15, -0.1) is 0 Å². The summed E-state index contributed by atoms with van der Waals surface area (Å²) in [6.07, 6.45) is 0. The normalized spacial score (nSPS) is 11.1. The molecular formula is C19H24N2O. The first-order valence-electron chi connectivity index (χ1n) is 7.55. The van der Waals surface area contributed by atoms with Crippen molar-refractivity contribution < 1.29 is 4.79 Å². The van der Waals surface area contributed by atoms with Crippen LogP contribution in [0.25, 0.3) is 0 Å². The molecule has 0 aromatic heterocycles. The van der Waals surface area contributed by atoms with Crippen molar-refractivity contribution in [3.05, 3.63) is 59.7 Å². The van der Waals surface area contributed by atoms with E-state index in [1.54, 1.807) is 0 Å². The van der Waals surface area contributed by atoms with Crippen LogP contribution in [0.15, 0.2) is 48.5 Å². The minimum atomic E-state index is -0.0603. The Morgan fingerprint density at radius 3 is 2.23 bits per heavy atom.